The van der Waals surface area contributed by atoms with Crippen molar-refractivity contribution in [2.75, 3.05) is 0 Å². The van der Waals surface area contributed by atoms with E-state index in [1.54, 1.807) is 6.92 Å². The summed E-state index contributed by atoms with van der Waals surface area (Å²) >= 11 is 0. The van der Waals surface area contributed by atoms with Crippen LogP contribution in [-0.4, -0.2) is 35.7 Å². The van der Waals surface area contributed by atoms with Gasteiger partial charge in [0.25, 0.3) is 5.91 Å². The van der Waals surface area contributed by atoms with Gasteiger partial charge in [-0.05, 0) is 32.4 Å². The summed E-state index contributed by atoms with van der Waals surface area (Å²) in [5, 5.41) is 20.0. The summed E-state index contributed by atoms with van der Waals surface area (Å²) in [6.45, 7) is 4.59. The first kappa shape index (κ1) is 15.5. The van der Waals surface area contributed by atoms with E-state index in [9.17, 15) is 4.79 Å². The number of aryl methyl sites for hydroxylation is 2. The summed E-state index contributed by atoms with van der Waals surface area (Å²) in [4.78, 5) is 14.1. The average Bonchev–Trinajstić information content (AvgIpc) is 3.30. The third-order valence-electron chi connectivity index (χ3n) is 4.36. The van der Waals surface area contributed by atoms with Gasteiger partial charge in [-0.1, -0.05) is 18.2 Å². The molecular formula is C17H19N7O. The molecule has 0 bridgehead atoms. The van der Waals surface area contributed by atoms with Crippen molar-refractivity contribution in [2.45, 2.75) is 39.3 Å². The quantitative estimate of drug-likeness (QED) is 0.781. The van der Waals surface area contributed by atoms with Gasteiger partial charge in [0, 0.05) is 13.0 Å². The van der Waals surface area contributed by atoms with Crippen LogP contribution >= 0.6 is 0 Å². The molecule has 0 saturated carbocycles. The zero-order valence-electron chi connectivity index (χ0n) is 14.2. The van der Waals surface area contributed by atoms with Crippen LogP contribution in [0.1, 0.15) is 47.2 Å². The Bertz CT molecular complexity index is 912. The maximum atomic E-state index is 12.6. The minimum absolute atomic E-state index is 0.242. The molecule has 1 aromatic carbocycles. The first-order valence-corrected chi connectivity index (χ1v) is 8.35. The van der Waals surface area contributed by atoms with Crippen LogP contribution in [0, 0.1) is 6.92 Å². The molecule has 8 heteroatoms. The zero-order chi connectivity index (χ0) is 17.4. The Kier molecular flexibility index (Phi) is 3.79. The monoisotopic (exact) mass is 337 g/mol. The van der Waals surface area contributed by atoms with Crippen molar-refractivity contribution >= 4 is 5.91 Å². The Morgan fingerprint density at radius 3 is 2.80 bits per heavy atom. The van der Waals surface area contributed by atoms with Gasteiger partial charge in [-0.25, -0.2) is 0 Å². The lowest BCUT2D eigenvalue weighted by atomic mass is 10.2. The number of fused-ring (bicyclic) bond motifs is 1. The molecule has 0 spiro atoms. The smallest absolute Gasteiger partial charge is 0.274 e. The van der Waals surface area contributed by atoms with E-state index in [4.69, 9.17) is 0 Å². The second-order valence-corrected chi connectivity index (χ2v) is 6.18. The molecule has 8 nitrogen and oxygen atoms in total. The number of para-hydroxylation sites is 1. The van der Waals surface area contributed by atoms with E-state index < -0.39 is 0 Å². The highest BCUT2D eigenvalue weighted by Gasteiger charge is 2.24. The maximum absolute atomic E-state index is 12.6. The third kappa shape index (κ3) is 2.79. The van der Waals surface area contributed by atoms with Gasteiger partial charge in [0.2, 0.25) is 0 Å². The maximum Gasteiger partial charge on any atom is 0.274 e. The largest absolute Gasteiger partial charge is 0.341 e. The number of hydrogen-bond donors (Lipinski definition) is 1. The Morgan fingerprint density at radius 1 is 1.20 bits per heavy atom. The number of amides is 1. The standard InChI is InChI=1S/C17H19N7O/c1-11-15(22-24(21-11)13-7-4-3-5-8-13)17(25)18-12(2)16-20-19-14-9-6-10-23(14)16/h3-5,7-8,12H,6,9-10H2,1-2H3,(H,18,25)/t12-/m0/s1. The molecule has 1 atom stereocenters. The molecule has 1 aliphatic rings. The van der Waals surface area contributed by atoms with Gasteiger partial charge in [0.15, 0.2) is 11.5 Å². The molecule has 0 saturated heterocycles. The summed E-state index contributed by atoms with van der Waals surface area (Å²) in [7, 11) is 0. The lowest BCUT2D eigenvalue weighted by Crippen LogP contribution is -2.29. The number of nitrogens with zero attached hydrogens (tertiary/aromatic N) is 6. The van der Waals surface area contributed by atoms with E-state index in [0.29, 0.717) is 11.4 Å². The molecule has 0 aliphatic carbocycles. The van der Waals surface area contributed by atoms with Crippen LogP contribution in [0.25, 0.3) is 5.69 Å². The average molecular weight is 337 g/mol. The zero-order valence-corrected chi connectivity index (χ0v) is 14.2. The van der Waals surface area contributed by atoms with Gasteiger partial charge in [-0.2, -0.15) is 9.90 Å². The number of aromatic nitrogens is 6. The van der Waals surface area contributed by atoms with Crippen molar-refractivity contribution < 1.29 is 4.79 Å². The van der Waals surface area contributed by atoms with Crippen LogP contribution in [0.15, 0.2) is 30.3 Å². The van der Waals surface area contributed by atoms with Crippen molar-refractivity contribution in [1.29, 1.82) is 0 Å². The Hall–Kier alpha value is -3.03. The Labute approximate surface area is 144 Å². The molecule has 3 heterocycles. The molecule has 1 N–H and O–H groups in total. The lowest BCUT2D eigenvalue weighted by Gasteiger charge is -2.13. The summed E-state index contributed by atoms with van der Waals surface area (Å²) in [6, 6.07) is 9.27. The van der Waals surface area contributed by atoms with Gasteiger partial charge in [0.1, 0.15) is 5.82 Å². The molecule has 2 aromatic heterocycles. The number of rotatable bonds is 4. The van der Waals surface area contributed by atoms with Gasteiger partial charge in [0.05, 0.1) is 17.4 Å². The number of benzene rings is 1. The van der Waals surface area contributed by atoms with Crippen LogP contribution in [0.5, 0.6) is 0 Å². The molecule has 0 fully saturated rings. The number of nitrogens with one attached hydrogen (secondary N) is 1. The highest BCUT2D eigenvalue weighted by atomic mass is 16.2. The Balaban J connectivity index is 1.54. The van der Waals surface area contributed by atoms with E-state index in [1.165, 1.54) is 4.80 Å². The number of carbonyl (C=O) groups is 1. The molecular weight excluding hydrogens is 318 g/mol. The summed E-state index contributed by atoms with van der Waals surface area (Å²) in [6.07, 6.45) is 2.02. The van der Waals surface area contributed by atoms with Gasteiger partial charge < -0.3 is 9.88 Å². The predicted octanol–water partition coefficient (Wildman–Crippen LogP) is 1.60. The van der Waals surface area contributed by atoms with E-state index >= 15 is 0 Å². The van der Waals surface area contributed by atoms with Gasteiger partial charge in [-0.3, -0.25) is 4.79 Å². The normalized spacial score (nSPS) is 14.3. The highest BCUT2D eigenvalue weighted by molar-refractivity contribution is 5.93. The molecule has 25 heavy (non-hydrogen) atoms. The van der Waals surface area contributed by atoms with E-state index in [2.05, 4.69) is 30.3 Å². The Morgan fingerprint density at radius 2 is 2.00 bits per heavy atom. The molecule has 3 aromatic rings. The van der Waals surface area contributed by atoms with Crippen molar-refractivity contribution in [1.82, 2.24) is 35.1 Å². The van der Waals surface area contributed by atoms with Crippen molar-refractivity contribution in [3.8, 4) is 5.69 Å². The lowest BCUT2D eigenvalue weighted by molar-refractivity contribution is 0.0931. The fourth-order valence-corrected chi connectivity index (χ4v) is 3.09. The second-order valence-electron chi connectivity index (χ2n) is 6.18. The fraction of sp³-hybridized carbons (Fsp3) is 0.353. The van der Waals surface area contributed by atoms with Gasteiger partial charge in [-0.15, -0.1) is 15.3 Å². The topological polar surface area (TPSA) is 90.5 Å². The SMILES string of the molecule is Cc1nn(-c2ccccc2)nc1C(=O)N[C@@H](C)c1nnc2n1CCC2. The number of carbonyl (C=O) groups excluding carboxylic acids is 1. The van der Waals surface area contributed by atoms with Crippen molar-refractivity contribution in [3.63, 3.8) is 0 Å². The first-order chi connectivity index (χ1) is 12.1. The molecule has 0 unspecified atom stereocenters. The van der Waals surface area contributed by atoms with E-state index in [0.717, 1.165) is 36.7 Å². The van der Waals surface area contributed by atoms with Crippen LogP contribution in [-0.2, 0) is 13.0 Å². The van der Waals surface area contributed by atoms with Crippen LogP contribution in [0.3, 0.4) is 0 Å². The summed E-state index contributed by atoms with van der Waals surface area (Å²) < 4.78 is 2.08. The molecule has 4 rings (SSSR count). The van der Waals surface area contributed by atoms with Crippen LogP contribution in [0.4, 0.5) is 0 Å². The second kappa shape index (κ2) is 6.12. The predicted molar refractivity (Wildman–Crippen MR) is 90.3 cm³/mol. The molecule has 0 radical (unpaired) electrons. The van der Waals surface area contributed by atoms with Crippen molar-refractivity contribution in [2.24, 2.45) is 0 Å². The molecule has 1 amide bonds. The van der Waals surface area contributed by atoms with Crippen LogP contribution < -0.4 is 5.32 Å². The summed E-state index contributed by atoms with van der Waals surface area (Å²) in [5.41, 5.74) is 1.71. The first-order valence-electron chi connectivity index (χ1n) is 8.35. The van der Waals surface area contributed by atoms with E-state index in [-0.39, 0.29) is 11.9 Å². The van der Waals surface area contributed by atoms with Gasteiger partial charge >= 0.3 is 0 Å². The molecule has 1 aliphatic heterocycles. The molecule has 128 valence electrons. The minimum Gasteiger partial charge on any atom is -0.341 e. The fourth-order valence-electron chi connectivity index (χ4n) is 3.09. The van der Waals surface area contributed by atoms with Crippen LogP contribution in [0.2, 0.25) is 0 Å². The summed E-state index contributed by atoms with van der Waals surface area (Å²) in [5.74, 6) is 1.51. The minimum atomic E-state index is -0.262. The third-order valence-corrected chi connectivity index (χ3v) is 4.36. The number of hydrogen-bond acceptors (Lipinski definition) is 5. The van der Waals surface area contributed by atoms with E-state index in [1.807, 2.05) is 37.3 Å². The van der Waals surface area contributed by atoms with Crippen molar-refractivity contribution in [3.05, 3.63) is 53.4 Å². The highest BCUT2D eigenvalue weighted by Crippen LogP contribution is 2.19.